The van der Waals surface area contributed by atoms with Gasteiger partial charge in [0.25, 0.3) is 16.8 Å². The summed E-state index contributed by atoms with van der Waals surface area (Å²) in [5.74, 6) is -0.543. The fourth-order valence-corrected chi connectivity index (χ4v) is 4.13. The molecule has 0 radical (unpaired) electrons. The van der Waals surface area contributed by atoms with E-state index in [9.17, 15) is 24.5 Å². The van der Waals surface area contributed by atoms with Gasteiger partial charge in [-0.05, 0) is 36.0 Å². The number of nitrogens with zero attached hydrogens (tertiary/aromatic N) is 4. The minimum absolute atomic E-state index is 0.0260. The van der Waals surface area contributed by atoms with Crippen LogP contribution in [0.4, 0.5) is 21.9 Å². The molecule has 0 saturated carbocycles. The molecular formula is C22H25N5O5S. The lowest BCUT2D eigenvalue weighted by Gasteiger charge is -2.35. The first-order valence-electron chi connectivity index (χ1n) is 10.3. The van der Waals surface area contributed by atoms with Gasteiger partial charge in [-0.25, -0.2) is 0 Å². The SMILES string of the molecule is CC(=O)N1CCN(c2ccc(C(=O)Nc3ccccc3SC(=O)N(C)C)cc2[N+](=O)[O-])CC1. The Balaban J connectivity index is 1.80. The van der Waals surface area contributed by atoms with E-state index in [1.54, 1.807) is 49.3 Å². The Hall–Kier alpha value is -3.60. The normalized spacial score (nSPS) is 13.4. The molecule has 1 aliphatic heterocycles. The Morgan fingerprint density at radius 3 is 2.33 bits per heavy atom. The number of amides is 3. The number of para-hydroxylation sites is 1. The monoisotopic (exact) mass is 471 g/mol. The van der Waals surface area contributed by atoms with Crippen LogP contribution < -0.4 is 10.2 Å². The third-order valence-electron chi connectivity index (χ3n) is 5.20. The van der Waals surface area contributed by atoms with Gasteiger partial charge in [-0.1, -0.05) is 12.1 Å². The van der Waals surface area contributed by atoms with E-state index in [2.05, 4.69) is 5.32 Å². The van der Waals surface area contributed by atoms with Crippen LogP contribution in [0, 0.1) is 10.1 Å². The minimum atomic E-state index is -0.517. The van der Waals surface area contributed by atoms with E-state index in [1.165, 1.54) is 24.0 Å². The van der Waals surface area contributed by atoms with Crippen LogP contribution >= 0.6 is 11.8 Å². The summed E-state index contributed by atoms with van der Waals surface area (Å²) in [7, 11) is 3.27. The zero-order valence-electron chi connectivity index (χ0n) is 18.6. The van der Waals surface area contributed by atoms with Crippen molar-refractivity contribution in [3.05, 3.63) is 58.1 Å². The van der Waals surface area contributed by atoms with E-state index in [4.69, 9.17) is 0 Å². The maximum absolute atomic E-state index is 12.9. The zero-order valence-corrected chi connectivity index (χ0v) is 19.4. The quantitative estimate of drug-likeness (QED) is 0.404. The number of nitro groups is 1. The number of carbonyl (C=O) groups excluding carboxylic acids is 3. The second-order valence-electron chi connectivity index (χ2n) is 7.67. The minimum Gasteiger partial charge on any atom is -0.362 e. The first-order valence-corrected chi connectivity index (χ1v) is 11.1. The summed E-state index contributed by atoms with van der Waals surface area (Å²) >= 11 is 0.976. The molecule has 1 heterocycles. The zero-order chi connectivity index (χ0) is 24.1. The van der Waals surface area contributed by atoms with Gasteiger partial charge in [0.1, 0.15) is 5.69 Å². The molecule has 33 heavy (non-hydrogen) atoms. The van der Waals surface area contributed by atoms with Crippen LogP contribution in [0.5, 0.6) is 0 Å². The van der Waals surface area contributed by atoms with Crippen molar-refractivity contribution in [2.75, 3.05) is 50.5 Å². The van der Waals surface area contributed by atoms with Crippen LogP contribution in [0.25, 0.3) is 0 Å². The van der Waals surface area contributed by atoms with Gasteiger partial charge in [-0.2, -0.15) is 0 Å². The molecular weight excluding hydrogens is 446 g/mol. The van der Waals surface area contributed by atoms with Crippen LogP contribution in [-0.2, 0) is 4.79 Å². The summed E-state index contributed by atoms with van der Waals surface area (Å²) in [6.45, 7) is 3.40. The molecule has 0 aliphatic carbocycles. The molecule has 1 N–H and O–H groups in total. The summed E-state index contributed by atoms with van der Waals surface area (Å²) in [6.07, 6.45) is 0. The number of nitro benzene ring substituents is 1. The number of thioether (sulfide) groups is 1. The molecule has 10 nitrogen and oxygen atoms in total. The van der Waals surface area contributed by atoms with Crippen LogP contribution in [0.2, 0.25) is 0 Å². The highest BCUT2D eigenvalue weighted by Crippen LogP contribution is 2.32. The molecule has 0 unspecified atom stereocenters. The van der Waals surface area contributed by atoms with Crippen LogP contribution in [0.1, 0.15) is 17.3 Å². The number of hydrogen-bond acceptors (Lipinski definition) is 7. The molecule has 1 aliphatic rings. The number of carbonyl (C=O) groups is 3. The number of anilines is 2. The average Bonchev–Trinajstić information content (AvgIpc) is 2.79. The van der Waals surface area contributed by atoms with Gasteiger partial charge >= 0.3 is 0 Å². The van der Waals surface area contributed by atoms with Crippen molar-refractivity contribution in [1.29, 1.82) is 0 Å². The van der Waals surface area contributed by atoms with Gasteiger partial charge in [-0.15, -0.1) is 0 Å². The maximum atomic E-state index is 12.9. The van der Waals surface area contributed by atoms with Crippen LogP contribution in [0.3, 0.4) is 0 Å². The van der Waals surface area contributed by atoms with Gasteiger partial charge in [0.2, 0.25) is 5.91 Å². The predicted molar refractivity (Wildman–Crippen MR) is 127 cm³/mol. The van der Waals surface area contributed by atoms with Crippen molar-refractivity contribution in [3.63, 3.8) is 0 Å². The first-order chi connectivity index (χ1) is 15.7. The highest BCUT2D eigenvalue weighted by molar-refractivity contribution is 8.13. The number of nitrogens with one attached hydrogen (secondary N) is 1. The van der Waals surface area contributed by atoms with E-state index < -0.39 is 10.8 Å². The molecule has 0 aromatic heterocycles. The van der Waals surface area contributed by atoms with E-state index in [-0.39, 0.29) is 22.4 Å². The maximum Gasteiger partial charge on any atom is 0.293 e. The Bertz CT molecular complexity index is 1080. The van der Waals surface area contributed by atoms with E-state index in [1.807, 2.05) is 4.90 Å². The van der Waals surface area contributed by atoms with Gasteiger partial charge in [0.05, 0.1) is 10.6 Å². The number of rotatable bonds is 5. The van der Waals surface area contributed by atoms with Crippen molar-refractivity contribution in [2.45, 2.75) is 11.8 Å². The number of hydrogen-bond donors (Lipinski definition) is 1. The second kappa shape index (κ2) is 10.3. The second-order valence-corrected chi connectivity index (χ2v) is 8.66. The standard InChI is InChI=1S/C22H25N5O5S/c1-15(28)25-10-12-26(13-11-25)18-9-8-16(14-19(18)27(31)32)21(29)23-17-6-4-5-7-20(17)33-22(30)24(2)3/h4-9,14H,10-13H2,1-3H3,(H,23,29). The average molecular weight is 472 g/mol. The van der Waals surface area contributed by atoms with Crippen molar-refractivity contribution < 1.29 is 19.3 Å². The van der Waals surface area contributed by atoms with Gasteiger partial charge in [0, 0.05) is 63.7 Å². The largest absolute Gasteiger partial charge is 0.362 e. The van der Waals surface area contributed by atoms with E-state index >= 15 is 0 Å². The lowest BCUT2D eigenvalue weighted by molar-refractivity contribution is -0.384. The van der Waals surface area contributed by atoms with Crippen molar-refractivity contribution >= 4 is 45.9 Å². The molecule has 0 bridgehead atoms. The smallest absolute Gasteiger partial charge is 0.293 e. The molecule has 0 spiro atoms. The topological polar surface area (TPSA) is 116 Å². The fourth-order valence-electron chi connectivity index (χ4n) is 3.38. The molecule has 3 amide bonds. The van der Waals surface area contributed by atoms with Crippen LogP contribution in [-0.4, -0.2) is 72.1 Å². The summed E-state index contributed by atoms with van der Waals surface area (Å²) in [5.41, 5.74) is 0.804. The lowest BCUT2D eigenvalue weighted by atomic mass is 10.1. The van der Waals surface area contributed by atoms with E-state index in [0.717, 1.165) is 11.8 Å². The molecule has 174 valence electrons. The van der Waals surface area contributed by atoms with Gasteiger partial charge in [-0.3, -0.25) is 24.5 Å². The Morgan fingerprint density at radius 1 is 1.06 bits per heavy atom. The van der Waals surface area contributed by atoms with Crippen molar-refractivity contribution in [1.82, 2.24) is 9.80 Å². The molecule has 2 aromatic carbocycles. The molecule has 1 fully saturated rings. The van der Waals surface area contributed by atoms with Crippen LogP contribution in [0.15, 0.2) is 47.4 Å². The third-order valence-corrected chi connectivity index (χ3v) is 6.31. The lowest BCUT2D eigenvalue weighted by Crippen LogP contribution is -2.48. The summed E-state index contributed by atoms with van der Waals surface area (Å²) in [6, 6.07) is 11.2. The van der Waals surface area contributed by atoms with Gasteiger partial charge in [0.15, 0.2) is 0 Å². The molecule has 11 heteroatoms. The predicted octanol–water partition coefficient (Wildman–Crippen LogP) is 3.29. The van der Waals surface area contributed by atoms with E-state index in [0.29, 0.717) is 42.4 Å². The van der Waals surface area contributed by atoms with Crippen molar-refractivity contribution in [2.24, 2.45) is 0 Å². The Morgan fingerprint density at radius 2 is 1.73 bits per heavy atom. The summed E-state index contributed by atoms with van der Waals surface area (Å²) in [4.78, 5) is 53.2. The first kappa shape index (κ1) is 24.1. The molecule has 1 saturated heterocycles. The molecule has 0 atom stereocenters. The Kier molecular flexibility index (Phi) is 7.54. The fraction of sp³-hybridized carbons (Fsp3) is 0.318. The highest BCUT2D eigenvalue weighted by Gasteiger charge is 2.26. The summed E-state index contributed by atoms with van der Waals surface area (Å²) in [5, 5.41) is 14.3. The Labute approximate surface area is 195 Å². The summed E-state index contributed by atoms with van der Waals surface area (Å²) < 4.78 is 0. The third kappa shape index (κ3) is 5.80. The molecule has 3 rings (SSSR count). The number of benzene rings is 2. The highest BCUT2D eigenvalue weighted by atomic mass is 32.2. The van der Waals surface area contributed by atoms with Gasteiger partial charge < -0.3 is 20.0 Å². The molecule has 2 aromatic rings. The number of piperazine rings is 1. The van der Waals surface area contributed by atoms with Crippen molar-refractivity contribution in [3.8, 4) is 0 Å².